The molecule has 4 heteroatoms. The monoisotopic (exact) mass is 316 g/mol. The maximum absolute atomic E-state index is 12.5. The number of carbonyl (C=O) groups excluding carboxylic acids is 1. The zero-order valence-electron chi connectivity index (χ0n) is 13.9. The molecule has 2 heterocycles. The average Bonchev–Trinajstić information content (AvgIpc) is 3.11. The van der Waals surface area contributed by atoms with Crippen LogP contribution >= 0.6 is 0 Å². The van der Waals surface area contributed by atoms with Crippen LogP contribution in [0.15, 0.2) is 22.8 Å². The third kappa shape index (κ3) is 4.63. The van der Waals surface area contributed by atoms with E-state index >= 15 is 0 Å². The lowest BCUT2D eigenvalue weighted by Crippen LogP contribution is -2.35. The summed E-state index contributed by atoms with van der Waals surface area (Å²) in [5, 5.41) is 3.23. The largest absolute Gasteiger partial charge is 0.463 e. The van der Waals surface area contributed by atoms with Gasteiger partial charge in [-0.05, 0) is 12.8 Å². The first-order valence-corrected chi connectivity index (χ1v) is 9.20. The molecule has 1 amide bonds. The van der Waals surface area contributed by atoms with Gasteiger partial charge in [-0.3, -0.25) is 4.79 Å². The van der Waals surface area contributed by atoms with E-state index in [0.717, 1.165) is 23.9 Å². The minimum absolute atomic E-state index is 0.00602. The van der Waals surface area contributed by atoms with E-state index < -0.39 is 0 Å². The van der Waals surface area contributed by atoms with Gasteiger partial charge >= 0.3 is 0 Å². The summed E-state index contributed by atoms with van der Waals surface area (Å²) in [6.45, 7) is 0. The number of amides is 1. The van der Waals surface area contributed by atoms with E-state index in [1.54, 1.807) is 12.3 Å². The Morgan fingerprint density at radius 3 is 2.22 bits per heavy atom. The maximum Gasteiger partial charge on any atom is 0.268 e. The second kappa shape index (κ2) is 8.23. The first-order valence-electron chi connectivity index (χ1n) is 9.20. The Hall–Kier alpha value is -1.71. The van der Waals surface area contributed by atoms with Crippen LogP contribution in [0, 0.1) is 0 Å². The van der Waals surface area contributed by atoms with Crippen LogP contribution in [-0.2, 0) is 0 Å². The lowest BCUT2D eigenvalue weighted by atomic mass is 9.98. The molecule has 0 spiro atoms. The molecular formula is C19H28N2O2. The summed E-state index contributed by atoms with van der Waals surface area (Å²) in [5.74, 6) is -0.00602. The van der Waals surface area contributed by atoms with Gasteiger partial charge in [0.25, 0.3) is 5.91 Å². The average molecular weight is 316 g/mol. The number of aromatic nitrogens is 1. The first kappa shape index (κ1) is 16.2. The lowest BCUT2D eigenvalue weighted by molar-refractivity contribution is 0.0927. The fourth-order valence-corrected chi connectivity index (χ4v) is 3.54. The topological polar surface area (TPSA) is 58.0 Å². The molecule has 0 aliphatic heterocycles. The summed E-state index contributed by atoms with van der Waals surface area (Å²) in [5.41, 5.74) is 2.23. The van der Waals surface area contributed by atoms with Crippen LogP contribution in [0.3, 0.4) is 0 Å². The van der Waals surface area contributed by atoms with Crippen molar-refractivity contribution in [2.45, 2.75) is 76.7 Å². The van der Waals surface area contributed by atoms with Gasteiger partial charge in [0.05, 0.1) is 11.8 Å². The highest BCUT2D eigenvalue weighted by molar-refractivity contribution is 5.96. The minimum atomic E-state index is -0.00602. The number of rotatable bonds is 2. The third-order valence-corrected chi connectivity index (χ3v) is 4.92. The summed E-state index contributed by atoms with van der Waals surface area (Å²) in [6.07, 6.45) is 15.7. The Labute approximate surface area is 138 Å². The summed E-state index contributed by atoms with van der Waals surface area (Å²) in [6, 6.07) is 3.94. The summed E-state index contributed by atoms with van der Waals surface area (Å²) < 4.78 is 5.32. The van der Waals surface area contributed by atoms with Crippen molar-refractivity contribution in [3.63, 3.8) is 0 Å². The van der Waals surface area contributed by atoms with Crippen LogP contribution in [0.25, 0.3) is 11.1 Å². The molecular weight excluding hydrogens is 288 g/mol. The van der Waals surface area contributed by atoms with E-state index in [1.807, 2.05) is 6.07 Å². The number of aromatic amines is 1. The fourth-order valence-electron chi connectivity index (χ4n) is 3.54. The molecule has 126 valence electrons. The van der Waals surface area contributed by atoms with Gasteiger partial charge in [0.2, 0.25) is 0 Å². The van der Waals surface area contributed by atoms with Gasteiger partial charge in [-0.25, -0.2) is 0 Å². The number of carbonyl (C=O) groups is 1. The number of nitrogens with one attached hydrogen (secondary N) is 2. The number of hydrogen-bond donors (Lipinski definition) is 2. The van der Waals surface area contributed by atoms with Gasteiger partial charge in [-0.2, -0.15) is 0 Å². The van der Waals surface area contributed by atoms with E-state index in [4.69, 9.17) is 4.42 Å². The molecule has 2 N–H and O–H groups in total. The molecule has 0 radical (unpaired) electrons. The molecule has 2 aromatic heterocycles. The summed E-state index contributed by atoms with van der Waals surface area (Å²) in [4.78, 5) is 15.6. The minimum Gasteiger partial charge on any atom is -0.463 e. The van der Waals surface area contributed by atoms with Gasteiger partial charge in [0.15, 0.2) is 5.58 Å². The number of furan rings is 1. The highest BCUT2D eigenvalue weighted by Gasteiger charge is 2.16. The maximum atomic E-state index is 12.5. The van der Waals surface area contributed by atoms with Crippen LogP contribution in [0.2, 0.25) is 0 Å². The van der Waals surface area contributed by atoms with Gasteiger partial charge in [-0.15, -0.1) is 0 Å². The molecule has 1 fully saturated rings. The smallest absolute Gasteiger partial charge is 0.268 e. The molecule has 23 heavy (non-hydrogen) atoms. The van der Waals surface area contributed by atoms with Crippen molar-refractivity contribution in [3.05, 3.63) is 24.1 Å². The predicted octanol–water partition coefficient (Wildman–Crippen LogP) is 5.16. The fraction of sp³-hybridized carbons (Fsp3) is 0.632. The molecule has 0 unspecified atom stereocenters. The quantitative estimate of drug-likeness (QED) is 0.803. The van der Waals surface area contributed by atoms with Crippen LogP contribution in [0.5, 0.6) is 0 Å². The number of fused-ring (bicyclic) bond motifs is 1. The van der Waals surface area contributed by atoms with Gasteiger partial charge in [0, 0.05) is 18.2 Å². The highest BCUT2D eigenvalue weighted by atomic mass is 16.3. The Morgan fingerprint density at radius 1 is 1.00 bits per heavy atom. The van der Waals surface area contributed by atoms with Crippen molar-refractivity contribution in [1.29, 1.82) is 0 Å². The van der Waals surface area contributed by atoms with Gasteiger partial charge < -0.3 is 14.7 Å². The summed E-state index contributed by atoms with van der Waals surface area (Å²) in [7, 11) is 0. The van der Waals surface area contributed by atoms with E-state index in [1.165, 1.54) is 57.8 Å². The Kier molecular flexibility index (Phi) is 5.78. The zero-order chi connectivity index (χ0) is 15.9. The van der Waals surface area contributed by atoms with Crippen LogP contribution in [-0.4, -0.2) is 16.9 Å². The molecule has 3 rings (SSSR count). The number of H-pyrrole nitrogens is 1. The number of hydrogen-bond acceptors (Lipinski definition) is 2. The molecule has 0 atom stereocenters. The van der Waals surface area contributed by atoms with Crippen molar-refractivity contribution in [3.8, 4) is 0 Å². The second-order valence-corrected chi connectivity index (χ2v) is 6.81. The van der Waals surface area contributed by atoms with Crippen LogP contribution in [0.4, 0.5) is 0 Å². The predicted molar refractivity (Wildman–Crippen MR) is 92.6 cm³/mol. The highest BCUT2D eigenvalue weighted by Crippen LogP contribution is 2.19. The van der Waals surface area contributed by atoms with E-state index in [-0.39, 0.29) is 5.91 Å². The van der Waals surface area contributed by atoms with Crippen LogP contribution in [0.1, 0.15) is 81.1 Å². The summed E-state index contributed by atoms with van der Waals surface area (Å²) >= 11 is 0. The molecule has 1 aliphatic rings. The van der Waals surface area contributed by atoms with E-state index in [9.17, 15) is 4.79 Å². The Balaban J connectivity index is 1.56. The van der Waals surface area contributed by atoms with Gasteiger partial charge in [0.1, 0.15) is 5.69 Å². The van der Waals surface area contributed by atoms with Crippen LogP contribution < -0.4 is 5.32 Å². The van der Waals surface area contributed by atoms with E-state index in [0.29, 0.717) is 11.7 Å². The van der Waals surface area contributed by atoms with Crippen molar-refractivity contribution in [2.24, 2.45) is 0 Å². The lowest BCUT2D eigenvalue weighted by Gasteiger charge is -2.19. The molecule has 0 saturated heterocycles. The standard InChI is InChI=1S/C19H28N2O2/c22-19(17-14-18-16(21-17)12-13-23-18)20-15-10-8-6-4-2-1-3-5-7-9-11-15/h12-15,21H,1-11H2,(H,20,22). The molecule has 2 aromatic rings. The van der Waals surface area contributed by atoms with Crippen molar-refractivity contribution >= 4 is 17.0 Å². The molecule has 1 aliphatic carbocycles. The molecule has 0 bridgehead atoms. The van der Waals surface area contributed by atoms with Gasteiger partial charge in [-0.1, -0.05) is 57.8 Å². The molecule has 1 saturated carbocycles. The third-order valence-electron chi connectivity index (χ3n) is 4.92. The van der Waals surface area contributed by atoms with Crippen molar-refractivity contribution in [2.75, 3.05) is 0 Å². The normalized spacial score (nSPS) is 19.1. The Morgan fingerprint density at radius 2 is 1.61 bits per heavy atom. The van der Waals surface area contributed by atoms with Crippen molar-refractivity contribution in [1.82, 2.24) is 10.3 Å². The first-order chi connectivity index (χ1) is 11.3. The molecule has 4 nitrogen and oxygen atoms in total. The SMILES string of the molecule is O=C(NC1CCCCCCCCCCC1)c1cc2occc2[nH]1. The van der Waals surface area contributed by atoms with Crippen molar-refractivity contribution < 1.29 is 9.21 Å². The molecule has 0 aromatic carbocycles. The zero-order valence-corrected chi connectivity index (χ0v) is 13.9. The van der Waals surface area contributed by atoms with E-state index in [2.05, 4.69) is 10.3 Å². The second-order valence-electron chi connectivity index (χ2n) is 6.81. The Bertz CT molecular complexity index is 573.